The van der Waals surface area contributed by atoms with Crippen LogP contribution in [0.2, 0.25) is 18.1 Å². The number of unbranched alkanes of at least 4 members (excludes halogenated alkanes) is 2. The lowest BCUT2D eigenvalue weighted by Crippen LogP contribution is -2.43. The Bertz CT molecular complexity index is 283. The summed E-state index contributed by atoms with van der Waals surface area (Å²) in [4.78, 5) is 0. The molecule has 0 spiro atoms. The van der Waals surface area contributed by atoms with Crippen LogP contribution in [0, 0.1) is 11.8 Å². The third-order valence-electron chi connectivity index (χ3n) is 3.64. The second-order valence-electron chi connectivity index (χ2n) is 6.32. The maximum absolute atomic E-state index is 6.40. The van der Waals surface area contributed by atoms with E-state index in [1.807, 2.05) is 0 Å². The quantitative estimate of drug-likeness (QED) is 0.275. The SMILES string of the molecule is CCCCCC(C#CCBr)O[Si](C)(C)C(C)(C)C. The number of hydrogen-bond acceptors (Lipinski definition) is 1. The lowest BCUT2D eigenvalue weighted by molar-refractivity contribution is 0.219. The molecular weight excluding hydrogens is 304 g/mol. The second-order valence-corrected chi connectivity index (χ2v) is 11.6. The third kappa shape index (κ3) is 6.97. The molecule has 0 aliphatic heterocycles. The summed E-state index contributed by atoms with van der Waals surface area (Å²) in [6.07, 6.45) is 4.93. The van der Waals surface area contributed by atoms with Crippen molar-refractivity contribution in [2.75, 3.05) is 5.33 Å². The average Bonchev–Trinajstić information content (AvgIpc) is 2.24. The van der Waals surface area contributed by atoms with Crippen molar-refractivity contribution in [2.45, 2.75) is 77.6 Å². The number of rotatable bonds is 6. The monoisotopic (exact) mass is 332 g/mol. The van der Waals surface area contributed by atoms with E-state index < -0.39 is 8.32 Å². The van der Waals surface area contributed by atoms with E-state index in [9.17, 15) is 0 Å². The van der Waals surface area contributed by atoms with Crippen LogP contribution in [0.3, 0.4) is 0 Å². The Morgan fingerprint density at radius 3 is 2.28 bits per heavy atom. The predicted octanol–water partition coefficient (Wildman–Crippen LogP) is 5.36. The first-order valence-corrected chi connectivity index (χ1v) is 11.0. The molecule has 1 unspecified atom stereocenters. The van der Waals surface area contributed by atoms with Crippen LogP contribution in [0.1, 0.15) is 53.4 Å². The fourth-order valence-electron chi connectivity index (χ4n) is 1.43. The predicted molar refractivity (Wildman–Crippen MR) is 87.8 cm³/mol. The van der Waals surface area contributed by atoms with Gasteiger partial charge in [-0.25, -0.2) is 0 Å². The first-order valence-electron chi connectivity index (χ1n) is 6.96. The van der Waals surface area contributed by atoms with Gasteiger partial charge in [-0.2, -0.15) is 0 Å². The van der Waals surface area contributed by atoms with E-state index in [1.54, 1.807) is 0 Å². The average molecular weight is 333 g/mol. The Kier molecular flexibility index (Phi) is 8.50. The topological polar surface area (TPSA) is 9.23 Å². The maximum atomic E-state index is 6.40. The van der Waals surface area contributed by atoms with E-state index in [2.05, 4.69) is 68.6 Å². The molecule has 0 aliphatic rings. The summed E-state index contributed by atoms with van der Waals surface area (Å²) in [7, 11) is -1.70. The molecule has 0 N–H and O–H groups in total. The van der Waals surface area contributed by atoms with Crippen LogP contribution in [0.15, 0.2) is 0 Å². The molecule has 0 fully saturated rings. The summed E-state index contributed by atoms with van der Waals surface area (Å²) in [6.45, 7) is 13.7. The van der Waals surface area contributed by atoms with Gasteiger partial charge in [0.15, 0.2) is 8.32 Å². The van der Waals surface area contributed by atoms with Crippen molar-refractivity contribution in [2.24, 2.45) is 0 Å². The summed E-state index contributed by atoms with van der Waals surface area (Å²) in [5.74, 6) is 6.39. The molecule has 0 radical (unpaired) electrons. The molecular formula is C15H29BrOSi. The lowest BCUT2D eigenvalue weighted by atomic mass is 10.1. The van der Waals surface area contributed by atoms with Gasteiger partial charge in [0.2, 0.25) is 0 Å². The van der Waals surface area contributed by atoms with Crippen LogP contribution in [0.25, 0.3) is 0 Å². The van der Waals surface area contributed by atoms with Gasteiger partial charge in [-0.05, 0) is 31.0 Å². The summed E-state index contributed by atoms with van der Waals surface area (Å²) in [6, 6.07) is 0. The molecule has 1 atom stereocenters. The van der Waals surface area contributed by atoms with Gasteiger partial charge in [0, 0.05) is 0 Å². The normalized spacial score (nSPS) is 13.9. The molecule has 0 aromatic carbocycles. The number of alkyl halides is 1. The highest BCUT2D eigenvalue weighted by Crippen LogP contribution is 2.37. The maximum Gasteiger partial charge on any atom is 0.193 e. The Labute approximate surface area is 123 Å². The zero-order chi connectivity index (χ0) is 14.2. The van der Waals surface area contributed by atoms with Gasteiger partial charge in [-0.1, -0.05) is 68.3 Å². The first kappa shape index (κ1) is 18.2. The molecule has 18 heavy (non-hydrogen) atoms. The standard InChI is InChI=1S/C15H29BrOSi/c1-7-8-9-11-14(12-10-13-16)17-18(5,6)15(2,3)4/h14H,7-9,11,13H2,1-6H3. The van der Waals surface area contributed by atoms with Crippen molar-refractivity contribution in [3.8, 4) is 11.8 Å². The molecule has 0 aliphatic carbocycles. The van der Waals surface area contributed by atoms with Crippen LogP contribution < -0.4 is 0 Å². The van der Waals surface area contributed by atoms with Crippen molar-refractivity contribution >= 4 is 24.2 Å². The minimum Gasteiger partial charge on any atom is -0.403 e. The van der Waals surface area contributed by atoms with E-state index in [0.29, 0.717) is 0 Å². The van der Waals surface area contributed by atoms with Crippen molar-refractivity contribution < 1.29 is 4.43 Å². The van der Waals surface area contributed by atoms with Crippen LogP contribution in [-0.2, 0) is 4.43 Å². The molecule has 0 aromatic heterocycles. The highest BCUT2D eigenvalue weighted by Gasteiger charge is 2.38. The highest BCUT2D eigenvalue weighted by molar-refractivity contribution is 9.09. The van der Waals surface area contributed by atoms with Crippen molar-refractivity contribution in [1.29, 1.82) is 0 Å². The van der Waals surface area contributed by atoms with Gasteiger partial charge < -0.3 is 4.43 Å². The van der Waals surface area contributed by atoms with Gasteiger partial charge in [0.05, 0.1) is 5.33 Å². The van der Waals surface area contributed by atoms with Crippen LogP contribution >= 0.6 is 15.9 Å². The third-order valence-corrected chi connectivity index (χ3v) is 8.41. The molecule has 0 saturated heterocycles. The fourth-order valence-corrected chi connectivity index (χ4v) is 2.83. The fraction of sp³-hybridized carbons (Fsp3) is 0.867. The molecule has 0 amide bonds. The minimum absolute atomic E-state index is 0.120. The smallest absolute Gasteiger partial charge is 0.193 e. The van der Waals surface area contributed by atoms with Crippen molar-refractivity contribution in [3.05, 3.63) is 0 Å². The van der Waals surface area contributed by atoms with Gasteiger partial charge in [-0.15, -0.1) is 0 Å². The van der Waals surface area contributed by atoms with E-state index in [4.69, 9.17) is 4.43 Å². The Balaban J connectivity index is 4.58. The summed E-state index contributed by atoms with van der Waals surface area (Å²) >= 11 is 3.36. The van der Waals surface area contributed by atoms with Crippen molar-refractivity contribution in [1.82, 2.24) is 0 Å². The minimum atomic E-state index is -1.70. The van der Waals surface area contributed by atoms with Crippen LogP contribution in [-0.4, -0.2) is 19.8 Å². The molecule has 0 saturated carbocycles. The van der Waals surface area contributed by atoms with Crippen molar-refractivity contribution in [3.63, 3.8) is 0 Å². The molecule has 0 rings (SSSR count). The molecule has 0 bridgehead atoms. The summed E-state index contributed by atoms with van der Waals surface area (Å²) < 4.78 is 6.40. The van der Waals surface area contributed by atoms with E-state index in [1.165, 1.54) is 19.3 Å². The number of halogens is 1. The van der Waals surface area contributed by atoms with Crippen LogP contribution in [0.4, 0.5) is 0 Å². The molecule has 0 heterocycles. The Morgan fingerprint density at radius 2 is 1.83 bits per heavy atom. The lowest BCUT2D eigenvalue weighted by Gasteiger charge is -2.38. The number of hydrogen-bond donors (Lipinski definition) is 0. The van der Waals surface area contributed by atoms with E-state index in [-0.39, 0.29) is 11.1 Å². The van der Waals surface area contributed by atoms with Gasteiger partial charge in [0.1, 0.15) is 6.10 Å². The van der Waals surface area contributed by atoms with E-state index in [0.717, 1.165) is 11.8 Å². The first-order chi connectivity index (χ1) is 8.24. The Morgan fingerprint density at radius 1 is 1.22 bits per heavy atom. The zero-order valence-corrected chi connectivity index (χ0v) is 15.5. The summed E-state index contributed by atoms with van der Waals surface area (Å²) in [5, 5.41) is 0.990. The van der Waals surface area contributed by atoms with Crippen LogP contribution in [0.5, 0.6) is 0 Å². The van der Waals surface area contributed by atoms with Gasteiger partial charge in [0.25, 0.3) is 0 Å². The van der Waals surface area contributed by atoms with Gasteiger partial charge >= 0.3 is 0 Å². The second kappa shape index (κ2) is 8.40. The van der Waals surface area contributed by atoms with Gasteiger partial charge in [-0.3, -0.25) is 0 Å². The zero-order valence-electron chi connectivity index (χ0n) is 12.9. The summed E-state index contributed by atoms with van der Waals surface area (Å²) in [5.41, 5.74) is 0. The largest absolute Gasteiger partial charge is 0.403 e. The molecule has 3 heteroatoms. The highest BCUT2D eigenvalue weighted by atomic mass is 79.9. The Hall–Kier alpha value is 0.217. The molecule has 1 nitrogen and oxygen atoms in total. The molecule has 0 aromatic rings. The van der Waals surface area contributed by atoms with E-state index >= 15 is 0 Å². The molecule has 106 valence electrons.